The molecule has 8 aromatic heterocycles. The second-order valence-corrected chi connectivity index (χ2v) is 18.5. The van der Waals surface area contributed by atoms with Gasteiger partial charge in [0.2, 0.25) is 0 Å². The molecule has 0 bridgehead atoms. The van der Waals surface area contributed by atoms with Gasteiger partial charge in [0.1, 0.15) is 13.2 Å². The van der Waals surface area contributed by atoms with Crippen LogP contribution in [-0.2, 0) is 58.6 Å². The molecule has 0 saturated carbocycles. The van der Waals surface area contributed by atoms with Crippen molar-refractivity contribution in [2.24, 2.45) is 0 Å². The van der Waals surface area contributed by atoms with Crippen molar-refractivity contribution in [3.05, 3.63) is 250 Å². The van der Waals surface area contributed by atoms with Crippen LogP contribution < -0.4 is 0 Å². The molecule has 0 aliphatic heterocycles. The Morgan fingerprint density at radius 2 is 0.538 bits per heavy atom. The number of aromatic nitrogens is 8. The lowest BCUT2D eigenvalue weighted by Crippen LogP contribution is -2.12. The van der Waals surface area contributed by atoms with Gasteiger partial charge in [-0.25, -0.2) is 39.5 Å². The Labute approximate surface area is 452 Å². The van der Waals surface area contributed by atoms with E-state index < -0.39 is 11.9 Å². The molecule has 0 saturated heterocycles. The molecule has 386 valence electrons. The van der Waals surface area contributed by atoms with Gasteiger partial charge in [0.25, 0.3) is 0 Å². The maximum atomic E-state index is 14.1. The summed E-state index contributed by atoms with van der Waals surface area (Å²) in [6.45, 7) is 8.63. The molecule has 14 nitrogen and oxygen atoms in total. The molecular formula is C64H54N8O6. The Balaban J connectivity index is 0.763. The summed E-state index contributed by atoms with van der Waals surface area (Å²) >= 11 is 0. The number of carbonyl (C=O) groups excluding carboxylic acids is 2. The lowest BCUT2D eigenvalue weighted by atomic mass is 9.88. The molecule has 0 aliphatic rings. The second kappa shape index (κ2) is 24.4. The molecule has 0 fully saturated rings. The molecule has 0 N–H and O–H groups in total. The van der Waals surface area contributed by atoms with Crippen molar-refractivity contribution in [1.29, 1.82) is 0 Å². The van der Waals surface area contributed by atoms with Gasteiger partial charge in [-0.1, -0.05) is 72.8 Å². The number of esters is 2. The number of pyridine rings is 8. The maximum absolute atomic E-state index is 14.1. The summed E-state index contributed by atoms with van der Waals surface area (Å²) in [7, 11) is 0. The first-order valence-electron chi connectivity index (χ1n) is 25.4. The van der Waals surface area contributed by atoms with Crippen LogP contribution in [0.3, 0.4) is 0 Å². The third kappa shape index (κ3) is 12.9. The highest BCUT2D eigenvalue weighted by molar-refractivity contribution is 6.04. The highest BCUT2D eigenvalue weighted by Gasteiger charge is 2.24. The van der Waals surface area contributed by atoms with E-state index in [1.54, 1.807) is 36.4 Å². The van der Waals surface area contributed by atoms with E-state index in [0.717, 1.165) is 68.1 Å². The van der Waals surface area contributed by atoms with Crippen molar-refractivity contribution in [2.75, 3.05) is 0 Å². The first kappa shape index (κ1) is 52.0. The summed E-state index contributed by atoms with van der Waals surface area (Å²) in [5.74, 6) is -1.14. The summed E-state index contributed by atoms with van der Waals surface area (Å²) in [5, 5.41) is 0. The summed E-state index contributed by atoms with van der Waals surface area (Å²) in [6.07, 6.45) is 0. The maximum Gasteiger partial charge on any atom is 0.339 e. The Morgan fingerprint density at radius 3 is 0.821 bits per heavy atom. The monoisotopic (exact) mass is 1030 g/mol. The van der Waals surface area contributed by atoms with E-state index in [-0.39, 0.29) is 26.4 Å². The molecule has 2 aromatic carbocycles. The van der Waals surface area contributed by atoms with E-state index >= 15 is 0 Å². The van der Waals surface area contributed by atoms with Gasteiger partial charge in [-0.2, -0.15) is 0 Å². The first-order valence-corrected chi connectivity index (χ1v) is 25.4. The van der Waals surface area contributed by atoms with Crippen molar-refractivity contribution in [3.8, 4) is 56.7 Å². The molecule has 0 spiro atoms. The summed E-state index contributed by atoms with van der Waals surface area (Å²) in [6, 6.07) is 56.5. The Kier molecular flexibility index (Phi) is 16.3. The molecule has 0 atom stereocenters. The fraction of sp³-hybridized carbons (Fsp3) is 0.156. The minimum Gasteiger partial charge on any atom is -0.456 e. The average Bonchev–Trinajstić information content (AvgIpc) is 3.55. The highest BCUT2D eigenvalue weighted by atomic mass is 16.5. The molecule has 0 radical (unpaired) electrons. The summed E-state index contributed by atoms with van der Waals surface area (Å²) in [5.41, 5.74) is 14.9. The third-order valence-corrected chi connectivity index (χ3v) is 12.6. The number of hydrogen-bond acceptors (Lipinski definition) is 14. The van der Waals surface area contributed by atoms with Crippen LogP contribution in [0.25, 0.3) is 56.7 Å². The smallest absolute Gasteiger partial charge is 0.339 e. The predicted octanol–water partition coefficient (Wildman–Crippen LogP) is 12.6. The third-order valence-electron chi connectivity index (χ3n) is 12.6. The van der Waals surface area contributed by atoms with Crippen molar-refractivity contribution in [3.63, 3.8) is 0 Å². The molecule has 78 heavy (non-hydrogen) atoms. The van der Waals surface area contributed by atoms with Crippen LogP contribution in [-0.4, -0.2) is 51.8 Å². The lowest BCUT2D eigenvalue weighted by molar-refractivity contribution is 0.0457. The quantitative estimate of drug-likeness (QED) is 0.0700. The van der Waals surface area contributed by atoms with E-state index in [1.807, 2.05) is 173 Å². The molecule has 10 rings (SSSR count). The number of ether oxygens (including phenoxy) is 4. The predicted molar refractivity (Wildman–Crippen MR) is 296 cm³/mol. The topological polar surface area (TPSA) is 174 Å². The number of rotatable bonds is 19. The number of hydrogen-bond donors (Lipinski definition) is 0. The molecule has 0 aliphatic carbocycles. The lowest BCUT2D eigenvalue weighted by Gasteiger charge is -2.18. The van der Waals surface area contributed by atoms with Crippen molar-refractivity contribution >= 4 is 11.9 Å². The molecule has 14 heteroatoms. The molecule has 8 heterocycles. The van der Waals surface area contributed by atoms with Crippen molar-refractivity contribution < 1.29 is 28.5 Å². The van der Waals surface area contributed by atoms with Crippen molar-refractivity contribution in [1.82, 2.24) is 39.9 Å². The standard InChI is InChI=1S/C64H54N8O6/c1-41-15-5-25-51(63(73)77-39-49-23-13-33-59(71-49)57-31-11-21-47(69-57)37-75-35-45-19-9-29-55(67-45)53-27-7-17-43(3)65-53)61(41)62-42(2)16-6-26-52(62)64(74)78-40-50-24-14-34-60(72-50)58-32-12-22-48(70-58)38-76-36-46-20-10-30-56(68-46)54-28-8-18-44(4)66-54/h5-34H,35-40H2,1-4H3. The average molecular weight is 1030 g/mol. The summed E-state index contributed by atoms with van der Waals surface area (Å²) in [4.78, 5) is 66.1. The minimum atomic E-state index is -0.570. The van der Waals surface area contributed by atoms with E-state index in [2.05, 4.69) is 9.97 Å². The Morgan fingerprint density at radius 1 is 0.295 bits per heavy atom. The van der Waals surface area contributed by atoms with Gasteiger partial charge >= 0.3 is 11.9 Å². The van der Waals surface area contributed by atoms with E-state index in [9.17, 15) is 9.59 Å². The molecule has 0 unspecified atom stereocenters. The van der Waals surface area contributed by atoms with Crippen molar-refractivity contribution in [2.45, 2.75) is 67.3 Å². The number of aryl methyl sites for hydroxylation is 4. The van der Waals surface area contributed by atoms with Gasteiger partial charge in [-0.05, 0) is 148 Å². The highest BCUT2D eigenvalue weighted by Crippen LogP contribution is 2.35. The molecular weight excluding hydrogens is 977 g/mol. The zero-order chi connectivity index (χ0) is 53.8. The van der Waals surface area contributed by atoms with E-state index in [1.165, 1.54) is 0 Å². The van der Waals surface area contributed by atoms with Crippen LogP contribution in [0, 0.1) is 27.7 Å². The largest absolute Gasteiger partial charge is 0.456 e. The van der Waals surface area contributed by atoms with E-state index in [0.29, 0.717) is 69.6 Å². The van der Waals surface area contributed by atoms with Crippen LogP contribution in [0.5, 0.6) is 0 Å². The fourth-order valence-electron chi connectivity index (χ4n) is 8.88. The summed E-state index contributed by atoms with van der Waals surface area (Å²) < 4.78 is 24.0. The Bertz CT molecular complexity index is 3550. The van der Waals surface area contributed by atoms with Crippen LogP contribution in [0.4, 0.5) is 0 Å². The van der Waals surface area contributed by atoms with Gasteiger partial charge in [-0.3, -0.25) is 9.97 Å². The van der Waals surface area contributed by atoms with E-state index in [4.69, 9.17) is 48.9 Å². The van der Waals surface area contributed by atoms with Gasteiger partial charge in [-0.15, -0.1) is 0 Å². The minimum absolute atomic E-state index is 0.102. The van der Waals surface area contributed by atoms with Crippen LogP contribution >= 0.6 is 0 Å². The first-order chi connectivity index (χ1) is 38.1. The molecule has 10 aromatic rings. The molecule has 0 amide bonds. The van der Waals surface area contributed by atoms with Gasteiger partial charge in [0.15, 0.2) is 0 Å². The fourth-order valence-corrected chi connectivity index (χ4v) is 8.88. The van der Waals surface area contributed by atoms with Gasteiger partial charge < -0.3 is 18.9 Å². The number of carbonyl (C=O) groups is 2. The second-order valence-electron chi connectivity index (χ2n) is 18.5. The Hall–Kier alpha value is -9.50. The van der Waals surface area contributed by atoms with Crippen LogP contribution in [0.2, 0.25) is 0 Å². The SMILES string of the molecule is Cc1cccc(-c2cccc(COCc3cccc(-c4cccc(COC(=O)c5cccc(C)c5-c5c(C)cccc5C(=O)OCc5cccc(-c6cccc(COCc7cccc(-c8cccc(C)n8)n7)n6)n5)n4)n3)n2)n1. The van der Waals surface area contributed by atoms with Gasteiger partial charge in [0, 0.05) is 22.5 Å². The number of benzene rings is 2. The zero-order valence-electron chi connectivity index (χ0n) is 43.6. The van der Waals surface area contributed by atoms with Crippen LogP contribution in [0.15, 0.2) is 182 Å². The zero-order valence-corrected chi connectivity index (χ0v) is 43.6. The van der Waals surface area contributed by atoms with Crippen LogP contribution in [0.1, 0.15) is 77.4 Å². The van der Waals surface area contributed by atoms with Gasteiger partial charge in [0.05, 0.1) is 117 Å². The number of nitrogens with zero attached hydrogens (tertiary/aromatic N) is 8. The normalized spacial score (nSPS) is 11.1.